The van der Waals surface area contributed by atoms with Crippen LogP contribution in [0.1, 0.15) is 15.9 Å². The van der Waals surface area contributed by atoms with Gasteiger partial charge in [-0.3, -0.25) is 4.79 Å². The van der Waals surface area contributed by atoms with Gasteiger partial charge in [-0.25, -0.2) is 14.2 Å². The molecule has 0 saturated carbocycles. The number of benzene rings is 2. The van der Waals surface area contributed by atoms with E-state index in [1.54, 1.807) is 0 Å². The number of nitrogens with zero attached hydrogens (tertiary/aromatic N) is 1. The van der Waals surface area contributed by atoms with E-state index in [1.165, 1.54) is 18.2 Å². The molecule has 2 aromatic carbocycles. The molecule has 4 nitrogen and oxygen atoms in total. The van der Waals surface area contributed by atoms with Gasteiger partial charge in [-0.15, -0.1) is 0 Å². The van der Waals surface area contributed by atoms with Crippen LogP contribution in [0.2, 0.25) is 0 Å². The van der Waals surface area contributed by atoms with Crippen molar-refractivity contribution in [3.63, 3.8) is 0 Å². The monoisotopic (exact) mass is 276 g/mol. The molecule has 0 radical (unpaired) electrons. The van der Waals surface area contributed by atoms with Gasteiger partial charge in [-0.05, 0) is 42.5 Å². The summed E-state index contributed by atoms with van der Waals surface area (Å²) in [6, 6.07) is 8.26. The maximum atomic E-state index is 12.9. The molecular weight excluding hydrogens is 266 g/mol. The van der Waals surface area contributed by atoms with E-state index in [9.17, 15) is 18.7 Å². The average molecular weight is 276 g/mol. The van der Waals surface area contributed by atoms with Crippen molar-refractivity contribution in [3.8, 4) is 5.75 Å². The van der Waals surface area contributed by atoms with E-state index in [0.717, 1.165) is 30.5 Å². The van der Waals surface area contributed by atoms with Gasteiger partial charge in [0.2, 0.25) is 0 Å². The van der Waals surface area contributed by atoms with E-state index in [4.69, 9.17) is 0 Å². The first kappa shape index (κ1) is 13.7. The second-order valence-electron chi connectivity index (χ2n) is 3.91. The second kappa shape index (κ2) is 5.92. The van der Waals surface area contributed by atoms with E-state index >= 15 is 0 Å². The number of phenols is 1. The minimum atomic E-state index is -0.544. The topological polar surface area (TPSA) is 61.7 Å². The number of phenolic OH excluding ortho intramolecular Hbond substituents is 1. The fourth-order valence-electron chi connectivity index (χ4n) is 1.46. The van der Waals surface area contributed by atoms with Crippen molar-refractivity contribution in [3.05, 3.63) is 65.2 Å². The highest BCUT2D eigenvalue weighted by atomic mass is 19.1. The predicted octanol–water partition coefficient (Wildman–Crippen LogP) is 2.43. The molecule has 2 N–H and O–H groups in total. The summed E-state index contributed by atoms with van der Waals surface area (Å²) in [6.07, 6.45) is 1.11. The van der Waals surface area contributed by atoms with Crippen molar-refractivity contribution >= 4 is 12.1 Å². The number of hydrogen-bond donors (Lipinski definition) is 2. The van der Waals surface area contributed by atoms with Crippen LogP contribution in [-0.4, -0.2) is 17.2 Å². The standard InChI is InChI=1S/C14H10F2N2O2/c15-11-3-1-9(2-4-11)14(20)18-17-8-10-7-12(16)5-6-13(10)19/h1-8,19H,(H,18,20)/b17-8-. The number of aromatic hydroxyl groups is 1. The highest BCUT2D eigenvalue weighted by Gasteiger charge is 2.04. The van der Waals surface area contributed by atoms with Crippen molar-refractivity contribution in [1.29, 1.82) is 0 Å². The van der Waals surface area contributed by atoms with E-state index in [1.807, 2.05) is 0 Å². The average Bonchev–Trinajstić information content (AvgIpc) is 2.43. The van der Waals surface area contributed by atoms with Crippen LogP contribution in [0.3, 0.4) is 0 Å². The third-order valence-corrected chi connectivity index (χ3v) is 2.47. The summed E-state index contributed by atoms with van der Waals surface area (Å²) in [5, 5.41) is 13.0. The number of carbonyl (C=O) groups is 1. The van der Waals surface area contributed by atoms with Crippen LogP contribution < -0.4 is 5.43 Å². The van der Waals surface area contributed by atoms with Crippen LogP contribution >= 0.6 is 0 Å². The normalized spacial score (nSPS) is 10.7. The first-order valence-corrected chi connectivity index (χ1v) is 5.64. The SMILES string of the molecule is O=C(N/N=C\c1cc(F)ccc1O)c1ccc(F)cc1. The fraction of sp³-hybridized carbons (Fsp3) is 0. The third kappa shape index (κ3) is 3.38. The maximum absolute atomic E-state index is 12.9. The molecule has 0 fully saturated rings. The quantitative estimate of drug-likeness (QED) is 0.668. The Morgan fingerprint density at radius 3 is 2.45 bits per heavy atom. The molecular formula is C14H10F2N2O2. The summed E-state index contributed by atoms with van der Waals surface area (Å²) < 4.78 is 25.6. The number of rotatable bonds is 3. The molecule has 0 atom stereocenters. The summed E-state index contributed by atoms with van der Waals surface area (Å²) in [5.41, 5.74) is 2.55. The highest BCUT2D eigenvalue weighted by molar-refractivity contribution is 5.95. The molecule has 0 heterocycles. The van der Waals surface area contributed by atoms with E-state index in [2.05, 4.69) is 10.5 Å². The number of hydrogen-bond acceptors (Lipinski definition) is 3. The molecule has 1 amide bonds. The lowest BCUT2D eigenvalue weighted by Crippen LogP contribution is -2.17. The number of halogens is 2. The van der Waals surface area contributed by atoms with Crippen molar-refractivity contribution in [2.75, 3.05) is 0 Å². The van der Waals surface area contributed by atoms with E-state index < -0.39 is 17.5 Å². The van der Waals surface area contributed by atoms with Crippen molar-refractivity contribution in [2.24, 2.45) is 5.10 Å². The zero-order valence-electron chi connectivity index (χ0n) is 10.2. The van der Waals surface area contributed by atoms with Crippen LogP contribution in [0.5, 0.6) is 5.75 Å². The molecule has 102 valence electrons. The second-order valence-corrected chi connectivity index (χ2v) is 3.91. The molecule has 0 spiro atoms. The summed E-state index contributed by atoms with van der Waals surface area (Å²) in [6.45, 7) is 0. The molecule has 0 aliphatic carbocycles. The minimum Gasteiger partial charge on any atom is -0.507 e. The molecule has 0 saturated heterocycles. The smallest absolute Gasteiger partial charge is 0.271 e. The minimum absolute atomic E-state index is 0.129. The highest BCUT2D eigenvalue weighted by Crippen LogP contribution is 2.15. The van der Waals surface area contributed by atoms with Gasteiger partial charge in [0.1, 0.15) is 17.4 Å². The van der Waals surface area contributed by atoms with Crippen LogP contribution in [0.25, 0.3) is 0 Å². The van der Waals surface area contributed by atoms with Crippen LogP contribution in [-0.2, 0) is 0 Å². The van der Waals surface area contributed by atoms with Crippen molar-refractivity contribution in [2.45, 2.75) is 0 Å². The molecule has 2 aromatic rings. The molecule has 20 heavy (non-hydrogen) atoms. The Balaban J connectivity index is 2.04. The Bertz CT molecular complexity index is 655. The molecule has 0 aliphatic rings. The molecule has 6 heteroatoms. The van der Waals surface area contributed by atoms with Gasteiger partial charge in [0.05, 0.1) is 6.21 Å². The Hall–Kier alpha value is -2.76. The zero-order chi connectivity index (χ0) is 14.5. The van der Waals surface area contributed by atoms with Gasteiger partial charge in [-0.1, -0.05) is 0 Å². The van der Waals surface area contributed by atoms with Gasteiger partial charge < -0.3 is 5.11 Å². The van der Waals surface area contributed by atoms with Gasteiger partial charge >= 0.3 is 0 Å². The molecule has 2 rings (SSSR count). The third-order valence-electron chi connectivity index (χ3n) is 2.47. The largest absolute Gasteiger partial charge is 0.507 e. The van der Waals surface area contributed by atoms with Crippen molar-refractivity contribution < 1.29 is 18.7 Å². The van der Waals surface area contributed by atoms with Crippen molar-refractivity contribution in [1.82, 2.24) is 5.43 Å². The van der Waals surface area contributed by atoms with Crippen LogP contribution in [0, 0.1) is 11.6 Å². The Morgan fingerprint density at radius 1 is 1.10 bits per heavy atom. The first-order chi connectivity index (χ1) is 9.56. The van der Waals surface area contributed by atoms with Gasteiger partial charge in [0, 0.05) is 11.1 Å². The zero-order valence-corrected chi connectivity index (χ0v) is 10.2. The molecule has 0 bridgehead atoms. The lowest BCUT2D eigenvalue weighted by molar-refractivity contribution is 0.0955. The molecule has 0 aliphatic heterocycles. The van der Waals surface area contributed by atoms with Gasteiger partial charge in [0.15, 0.2) is 0 Å². The molecule has 0 aromatic heterocycles. The summed E-state index contributed by atoms with van der Waals surface area (Å²) in [5.74, 6) is -1.69. The van der Waals surface area contributed by atoms with E-state index in [0.29, 0.717) is 0 Å². The Morgan fingerprint density at radius 2 is 1.75 bits per heavy atom. The summed E-state index contributed by atoms with van der Waals surface area (Å²) in [4.78, 5) is 11.6. The molecule has 0 unspecified atom stereocenters. The van der Waals surface area contributed by atoms with Crippen LogP contribution in [0.15, 0.2) is 47.6 Å². The number of nitrogens with one attached hydrogen (secondary N) is 1. The van der Waals surface area contributed by atoms with Crippen LogP contribution in [0.4, 0.5) is 8.78 Å². The number of hydrazone groups is 1. The van der Waals surface area contributed by atoms with Gasteiger partial charge in [0.25, 0.3) is 5.91 Å². The van der Waals surface area contributed by atoms with E-state index in [-0.39, 0.29) is 16.9 Å². The Labute approximate surface area is 113 Å². The lowest BCUT2D eigenvalue weighted by Gasteiger charge is -2.00. The lowest BCUT2D eigenvalue weighted by atomic mass is 10.2. The maximum Gasteiger partial charge on any atom is 0.271 e. The van der Waals surface area contributed by atoms with Gasteiger partial charge in [-0.2, -0.15) is 5.10 Å². The summed E-state index contributed by atoms with van der Waals surface area (Å²) >= 11 is 0. The first-order valence-electron chi connectivity index (χ1n) is 5.64. The summed E-state index contributed by atoms with van der Waals surface area (Å²) in [7, 11) is 0. The Kier molecular flexibility index (Phi) is 4.05. The number of carbonyl (C=O) groups excluding carboxylic acids is 1. The predicted molar refractivity (Wildman–Crippen MR) is 69.5 cm³/mol. The number of amides is 1. The fourth-order valence-corrected chi connectivity index (χ4v) is 1.46.